The number of halogens is 3. The van der Waals surface area contributed by atoms with E-state index >= 15 is 0 Å². The normalized spacial score (nSPS) is 10.6. The first-order valence-corrected chi connectivity index (χ1v) is 5.78. The average Bonchev–Trinajstić information content (AvgIpc) is 2.28. The van der Waals surface area contributed by atoms with Gasteiger partial charge in [0.2, 0.25) is 0 Å². The highest BCUT2D eigenvalue weighted by Crippen LogP contribution is 2.30. The molecular formula is C11H11BrF2O2. The van der Waals surface area contributed by atoms with Gasteiger partial charge < -0.3 is 4.74 Å². The van der Waals surface area contributed by atoms with Gasteiger partial charge in [-0.3, -0.25) is 4.79 Å². The van der Waals surface area contributed by atoms with E-state index in [-0.39, 0.29) is 29.1 Å². The number of carbonyl (C=O) groups excluding carboxylic acids is 1. The number of ketones is 1. The summed E-state index contributed by atoms with van der Waals surface area (Å²) in [6.45, 7) is 0. The van der Waals surface area contributed by atoms with Gasteiger partial charge >= 0.3 is 0 Å². The molecule has 0 spiro atoms. The molecule has 0 saturated heterocycles. The minimum absolute atomic E-state index is 0.0144. The number of alkyl halides is 3. The number of ether oxygens (including phenoxy) is 1. The van der Waals surface area contributed by atoms with Gasteiger partial charge in [0.15, 0.2) is 5.78 Å². The van der Waals surface area contributed by atoms with Gasteiger partial charge in [-0.25, -0.2) is 8.78 Å². The van der Waals surface area contributed by atoms with Crippen molar-refractivity contribution < 1.29 is 18.3 Å². The fourth-order valence-corrected chi connectivity index (χ4v) is 1.77. The third kappa shape index (κ3) is 2.78. The molecule has 1 aromatic rings. The molecule has 0 heterocycles. The third-order valence-corrected chi connectivity index (χ3v) is 2.51. The Bertz CT molecular complexity index is 380. The molecule has 5 heteroatoms. The lowest BCUT2D eigenvalue weighted by atomic mass is 10.0. The van der Waals surface area contributed by atoms with E-state index in [2.05, 4.69) is 15.9 Å². The van der Waals surface area contributed by atoms with E-state index in [1.54, 1.807) is 0 Å². The van der Waals surface area contributed by atoms with Crippen molar-refractivity contribution in [2.45, 2.75) is 12.8 Å². The van der Waals surface area contributed by atoms with Gasteiger partial charge in [0.05, 0.1) is 12.7 Å². The second-order valence-electron chi connectivity index (χ2n) is 3.09. The van der Waals surface area contributed by atoms with E-state index in [1.807, 2.05) is 0 Å². The molecule has 0 bridgehead atoms. The smallest absolute Gasteiger partial charge is 0.264 e. The summed E-state index contributed by atoms with van der Waals surface area (Å²) in [6.07, 6.45) is -2.51. The molecule has 88 valence electrons. The number of benzene rings is 1. The van der Waals surface area contributed by atoms with Crippen LogP contribution >= 0.6 is 15.9 Å². The summed E-state index contributed by atoms with van der Waals surface area (Å²) in [7, 11) is 1.36. The van der Waals surface area contributed by atoms with E-state index in [9.17, 15) is 13.6 Å². The first kappa shape index (κ1) is 13.1. The molecule has 0 aliphatic heterocycles. The van der Waals surface area contributed by atoms with Gasteiger partial charge in [-0.2, -0.15) is 0 Å². The van der Waals surface area contributed by atoms with Crippen molar-refractivity contribution in [3.63, 3.8) is 0 Å². The van der Waals surface area contributed by atoms with Crippen LogP contribution in [0.3, 0.4) is 0 Å². The van der Waals surface area contributed by atoms with Crippen molar-refractivity contribution in [1.29, 1.82) is 0 Å². The number of hydrogen-bond donors (Lipinski definition) is 0. The molecule has 16 heavy (non-hydrogen) atoms. The maximum atomic E-state index is 12.7. The SMILES string of the molecule is COc1cccc(C(F)F)c1C(=O)CCBr. The highest BCUT2D eigenvalue weighted by atomic mass is 79.9. The van der Waals surface area contributed by atoms with Crippen LogP contribution < -0.4 is 4.74 Å². The molecule has 0 aromatic heterocycles. The van der Waals surface area contributed by atoms with Crippen LogP contribution in [-0.2, 0) is 0 Å². The summed E-state index contributed by atoms with van der Waals surface area (Å²) >= 11 is 3.11. The summed E-state index contributed by atoms with van der Waals surface area (Å²) in [5, 5.41) is 0.437. The highest BCUT2D eigenvalue weighted by Gasteiger charge is 2.21. The summed E-state index contributed by atoms with van der Waals surface area (Å²) in [5.41, 5.74) is -0.287. The van der Waals surface area contributed by atoms with Gasteiger partial charge in [0.25, 0.3) is 6.43 Å². The molecular weight excluding hydrogens is 282 g/mol. The zero-order valence-electron chi connectivity index (χ0n) is 8.67. The van der Waals surface area contributed by atoms with Gasteiger partial charge in [0.1, 0.15) is 5.75 Å². The van der Waals surface area contributed by atoms with Crippen LogP contribution in [0.1, 0.15) is 28.8 Å². The van der Waals surface area contributed by atoms with E-state index in [4.69, 9.17) is 4.74 Å². The third-order valence-electron chi connectivity index (χ3n) is 2.11. The lowest BCUT2D eigenvalue weighted by molar-refractivity contribution is 0.0972. The van der Waals surface area contributed by atoms with Crippen molar-refractivity contribution in [1.82, 2.24) is 0 Å². The van der Waals surface area contributed by atoms with Gasteiger partial charge in [-0.1, -0.05) is 28.1 Å². The van der Waals surface area contributed by atoms with Crippen molar-refractivity contribution >= 4 is 21.7 Å². The Morgan fingerprint density at radius 2 is 2.19 bits per heavy atom. The Hall–Kier alpha value is -0.970. The van der Waals surface area contributed by atoms with E-state index in [1.165, 1.54) is 25.3 Å². The van der Waals surface area contributed by atoms with Gasteiger partial charge in [-0.05, 0) is 6.07 Å². The van der Waals surface area contributed by atoms with E-state index in [0.29, 0.717) is 5.33 Å². The molecule has 0 N–H and O–H groups in total. The molecule has 2 nitrogen and oxygen atoms in total. The monoisotopic (exact) mass is 292 g/mol. The van der Waals surface area contributed by atoms with E-state index in [0.717, 1.165) is 0 Å². The lowest BCUT2D eigenvalue weighted by Crippen LogP contribution is -2.07. The fourth-order valence-electron chi connectivity index (χ4n) is 1.41. The number of hydrogen-bond acceptors (Lipinski definition) is 2. The van der Waals surface area contributed by atoms with Crippen molar-refractivity contribution in [2.75, 3.05) is 12.4 Å². The minimum Gasteiger partial charge on any atom is -0.496 e. The van der Waals surface area contributed by atoms with Crippen LogP contribution in [-0.4, -0.2) is 18.2 Å². The lowest BCUT2D eigenvalue weighted by Gasteiger charge is -2.11. The summed E-state index contributed by atoms with van der Waals surface area (Å²) in [5.74, 6) is -0.145. The Kier molecular flexibility index (Phi) is 4.86. The standard InChI is InChI=1S/C11H11BrF2O2/c1-16-9-4-2-3-7(11(13)14)10(9)8(15)5-6-12/h2-4,11H,5-6H2,1H3. The largest absolute Gasteiger partial charge is 0.496 e. The fraction of sp³-hybridized carbons (Fsp3) is 0.364. The Morgan fingerprint density at radius 3 is 2.69 bits per heavy atom. The summed E-state index contributed by atoms with van der Waals surface area (Å²) in [6, 6.07) is 4.20. The number of carbonyl (C=O) groups is 1. The van der Waals surface area contributed by atoms with Gasteiger partial charge in [-0.15, -0.1) is 0 Å². The van der Waals surface area contributed by atoms with Crippen LogP contribution in [0.25, 0.3) is 0 Å². The zero-order chi connectivity index (χ0) is 12.1. The Labute approximate surface area is 101 Å². The first-order chi connectivity index (χ1) is 7.61. The van der Waals surface area contributed by atoms with Crippen LogP contribution in [0, 0.1) is 0 Å². The molecule has 0 amide bonds. The summed E-state index contributed by atoms with van der Waals surface area (Å²) < 4.78 is 30.4. The van der Waals surface area contributed by atoms with Gasteiger partial charge in [0, 0.05) is 17.3 Å². The van der Waals surface area contributed by atoms with Crippen molar-refractivity contribution in [3.8, 4) is 5.75 Å². The van der Waals surface area contributed by atoms with E-state index < -0.39 is 6.43 Å². The molecule has 0 radical (unpaired) electrons. The van der Waals surface area contributed by atoms with Crippen LogP contribution in [0.4, 0.5) is 8.78 Å². The molecule has 0 atom stereocenters. The maximum absolute atomic E-state index is 12.7. The van der Waals surface area contributed by atoms with Crippen molar-refractivity contribution in [2.24, 2.45) is 0 Å². The van der Waals surface area contributed by atoms with Crippen molar-refractivity contribution in [3.05, 3.63) is 29.3 Å². The predicted octanol–water partition coefficient (Wildman–Crippen LogP) is 3.60. The maximum Gasteiger partial charge on any atom is 0.264 e. The molecule has 0 unspecified atom stereocenters. The predicted molar refractivity (Wildman–Crippen MR) is 60.7 cm³/mol. The molecule has 0 saturated carbocycles. The number of Topliss-reactive ketones (excluding diaryl/α,β-unsaturated/α-hetero) is 1. The molecule has 1 rings (SSSR count). The molecule has 0 aliphatic rings. The Morgan fingerprint density at radius 1 is 1.50 bits per heavy atom. The van der Waals surface area contributed by atoms with Crippen LogP contribution in [0.2, 0.25) is 0 Å². The quantitative estimate of drug-likeness (QED) is 0.612. The molecule has 1 aromatic carbocycles. The highest BCUT2D eigenvalue weighted by molar-refractivity contribution is 9.09. The topological polar surface area (TPSA) is 26.3 Å². The number of rotatable bonds is 5. The average molecular weight is 293 g/mol. The zero-order valence-corrected chi connectivity index (χ0v) is 10.3. The summed E-state index contributed by atoms with van der Waals surface area (Å²) in [4.78, 5) is 11.7. The molecule has 0 fully saturated rings. The van der Waals surface area contributed by atoms with Crippen LogP contribution in [0.15, 0.2) is 18.2 Å². The Balaban J connectivity index is 3.24. The minimum atomic E-state index is -2.68. The second-order valence-corrected chi connectivity index (χ2v) is 3.88. The molecule has 0 aliphatic carbocycles. The second kappa shape index (κ2) is 5.94. The van der Waals surface area contributed by atoms with Crippen LogP contribution in [0.5, 0.6) is 5.75 Å². The first-order valence-electron chi connectivity index (χ1n) is 4.66. The number of methoxy groups -OCH3 is 1.